The fraction of sp³-hybridized carbons (Fsp3) is 0.316. The molecule has 0 saturated carbocycles. The molecule has 1 heterocycles. The van der Waals surface area contributed by atoms with Gasteiger partial charge in [-0.15, -0.1) is 0 Å². The summed E-state index contributed by atoms with van der Waals surface area (Å²) in [6, 6.07) is 18.3. The van der Waals surface area contributed by atoms with Crippen molar-refractivity contribution in [3.05, 3.63) is 65.7 Å². The lowest BCUT2D eigenvalue weighted by Crippen LogP contribution is -2.49. The number of piperazine rings is 1. The average molecular weight is 309 g/mol. The van der Waals surface area contributed by atoms with E-state index in [1.807, 2.05) is 35.2 Å². The maximum atomic E-state index is 12.3. The molecule has 0 bridgehead atoms. The van der Waals surface area contributed by atoms with Crippen LogP contribution in [-0.4, -0.2) is 42.0 Å². The summed E-state index contributed by atoms with van der Waals surface area (Å²) in [6.45, 7) is 6.42. The monoisotopic (exact) mass is 309 g/mol. The van der Waals surface area contributed by atoms with Crippen molar-refractivity contribution >= 4 is 11.7 Å². The fourth-order valence-corrected chi connectivity index (χ4v) is 2.78. The van der Waals surface area contributed by atoms with Crippen molar-refractivity contribution in [2.45, 2.75) is 13.5 Å². The molecular weight excluding hydrogens is 286 g/mol. The summed E-state index contributed by atoms with van der Waals surface area (Å²) >= 11 is 0. The van der Waals surface area contributed by atoms with E-state index in [9.17, 15) is 4.79 Å². The summed E-state index contributed by atoms with van der Waals surface area (Å²) in [4.78, 5) is 16.6. The van der Waals surface area contributed by atoms with E-state index in [-0.39, 0.29) is 6.03 Å². The van der Waals surface area contributed by atoms with Crippen LogP contribution < -0.4 is 5.32 Å². The lowest BCUT2D eigenvalue weighted by atomic mass is 10.1. The van der Waals surface area contributed by atoms with Crippen LogP contribution in [0.3, 0.4) is 0 Å². The molecule has 0 atom stereocenters. The Balaban J connectivity index is 1.48. The van der Waals surface area contributed by atoms with Crippen molar-refractivity contribution in [3.8, 4) is 0 Å². The van der Waals surface area contributed by atoms with Gasteiger partial charge >= 0.3 is 6.03 Å². The van der Waals surface area contributed by atoms with E-state index in [4.69, 9.17) is 0 Å². The highest BCUT2D eigenvalue weighted by Crippen LogP contribution is 2.12. The van der Waals surface area contributed by atoms with Crippen molar-refractivity contribution in [1.82, 2.24) is 9.80 Å². The highest BCUT2D eigenvalue weighted by Gasteiger charge is 2.21. The van der Waals surface area contributed by atoms with Crippen LogP contribution in [0.4, 0.5) is 10.5 Å². The lowest BCUT2D eigenvalue weighted by molar-refractivity contribution is 0.143. The highest BCUT2D eigenvalue weighted by atomic mass is 16.2. The molecule has 1 aliphatic heterocycles. The number of anilines is 1. The van der Waals surface area contributed by atoms with Gasteiger partial charge in [0.2, 0.25) is 0 Å². The van der Waals surface area contributed by atoms with Crippen LogP contribution in [0, 0.1) is 6.92 Å². The molecule has 1 aliphatic rings. The van der Waals surface area contributed by atoms with Crippen molar-refractivity contribution in [3.63, 3.8) is 0 Å². The van der Waals surface area contributed by atoms with Crippen molar-refractivity contribution in [1.29, 1.82) is 0 Å². The molecule has 2 aromatic carbocycles. The molecule has 3 rings (SSSR count). The Kier molecular flexibility index (Phi) is 4.93. The summed E-state index contributed by atoms with van der Waals surface area (Å²) in [5.74, 6) is 0. The van der Waals surface area contributed by atoms with Gasteiger partial charge in [-0.05, 0) is 24.6 Å². The number of benzene rings is 2. The molecule has 2 amide bonds. The first kappa shape index (κ1) is 15.6. The average Bonchev–Trinajstić information content (AvgIpc) is 2.58. The van der Waals surface area contributed by atoms with E-state index >= 15 is 0 Å². The van der Waals surface area contributed by atoms with Crippen molar-refractivity contribution in [2.24, 2.45) is 0 Å². The Morgan fingerprint density at radius 3 is 2.26 bits per heavy atom. The zero-order chi connectivity index (χ0) is 16.1. The van der Waals surface area contributed by atoms with Gasteiger partial charge in [-0.25, -0.2) is 4.79 Å². The molecule has 120 valence electrons. The number of nitrogens with zero attached hydrogens (tertiary/aromatic N) is 2. The number of carbonyl (C=O) groups excluding carboxylic acids is 1. The maximum Gasteiger partial charge on any atom is 0.321 e. The van der Waals surface area contributed by atoms with Gasteiger partial charge in [-0.2, -0.15) is 0 Å². The Bertz CT molecular complexity index is 631. The SMILES string of the molecule is Cc1ccc(CN2CCN(C(=O)Nc3ccccc3)CC2)cc1. The van der Waals surface area contributed by atoms with Crippen LogP contribution in [-0.2, 0) is 6.54 Å². The molecule has 1 saturated heterocycles. The standard InChI is InChI=1S/C19H23N3O/c1-16-7-9-17(10-8-16)15-21-11-13-22(14-12-21)19(23)20-18-5-3-2-4-6-18/h2-10H,11-15H2,1H3,(H,20,23). The second-order valence-electron chi connectivity index (χ2n) is 6.04. The molecule has 4 heteroatoms. The van der Waals surface area contributed by atoms with Crippen LogP contribution in [0.2, 0.25) is 0 Å². The molecule has 23 heavy (non-hydrogen) atoms. The summed E-state index contributed by atoms with van der Waals surface area (Å²) in [6.07, 6.45) is 0. The largest absolute Gasteiger partial charge is 0.322 e. The molecule has 0 aromatic heterocycles. The molecule has 2 aromatic rings. The van der Waals surface area contributed by atoms with Gasteiger partial charge in [0.15, 0.2) is 0 Å². The van der Waals surface area contributed by atoms with Gasteiger partial charge in [0.05, 0.1) is 0 Å². The van der Waals surface area contributed by atoms with E-state index in [2.05, 4.69) is 41.4 Å². The van der Waals surface area contributed by atoms with Crippen molar-refractivity contribution < 1.29 is 4.79 Å². The molecule has 4 nitrogen and oxygen atoms in total. The third-order valence-corrected chi connectivity index (χ3v) is 4.21. The minimum Gasteiger partial charge on any atom is -0.322 e. The first-order valence-corrected chi connectivity index (χ1v) is 8.09. The topological polar surface area (TPSA) is 35.6 Å². The van der Waals surface area contributed by atoms with Crippen LogP contribution in [0.15, 0.2) is 54.6 Å². The molecule has 1 N–H and O–H groups in total. The van der Waals surface area contributed by atoms with Crippen LogP contribution in [0.1, 0.15) is 11.1 Å². The fourth-order valence-electron chi connectivity index (χ4n) is 2.78. The highest BCUT2D eigenvalue weighted by molar-refractivity contribution is 5.89. The summed E-state index contributed by atoms with van der Waals surface area (Å²) < 4.78 is 0. The second kappa shape index (κ2) is 7.29. The van der Waals surface area contributed by atoms with Crippen LogP contribution in [0.25, 0.3) is 0 Å². The van der Waals surface area contributed by atoms with Gasteiger partial charge in [-0.1, -0.05) is 48.0 Å². The minimum atomic E-state index is -0.00816. The number of rotatable bonds is 3. The predicted octanol–water partition coefficient (Wildman–Crippen LogP) is 3.34. The normalized spacial score (nSPS) is 15.4. The predicted molar refractivity (Wildman–Crippen MR) is 93.5 cm³/mol. The van der Waals surface area contributed by atoms with Gasteiger partial charge < -0.3 is 10.2 Å². The maximum absolute atomic E-state index is 12.3. The zero-order valence-electron chi connectivity index (χ0n) is 13.5. The first-order chi connectivity index (χ1) is 11.2. The van der Waals surface area contributed by atoms with Crippen LogP contribution in [0.5, 0.6) is 0 Å². The lowest BCUT2D eigenvalue weighted by Gasteiger charge is -2.34. The molecule has 1 fully saturated rings. The minimum absolute atomic E-state index is 0.00816. The Labute approximate surface area is 137 Å². The summed E-state index contributed by atoms with van der Waals surface area (Å²) in [5, 5.41) is 2.95. The van der Waals surface area contributed by atoms with E-state index in [1.54, 1.807) is 0 Å². The molecular formula is C19H23N3O. The Hall–Kier alpha value is -2.33. The zero-order valence-corrected chi connectivity index (χ0v) is 13.5. The third kappa shape index (κ3) is 4.33. The molecule has 0 unspecified atom stereocenters. The molecule has 0 spiro atoms. The summed E-state index contributed by atoms with van der Waals surface area (Å²) in [5.41, 5.74) is 3.47. The number of hydrogen-bond donors (Lipinski definition) is 1. The second-order valence-corrected chi connectivity index (χ2v) is 6.04. The Morgan fingerprint density at radius 2 is 1.61 bits per heavy atom. The van der Waals surface area contributed by atoms with E-state index < -0.39 is 0 Å². The number of para-hydroxylation sites is 1. The molecule has 0 aliphatic carbocycles. The van der Waals surface area contributed by atoms with Crippen molar-refractivity contribution in [2.75, 3.05) is 31.5 Å². The van der Waals surface area contributed by atoms with Gasteiger partial charge in [0.1, 0.15) is 0 Å². The number of hydrogen-bond acceptors (Lipinski definition) is 2. The number of aryl methyl sites for hydroxylation is 1. The van der Waals surface area contributed by atoms with Gasteiger partial charge in [0.25, 0.3) is 0 Å². The quantitative estimate of drug-likeness (QED) is 0.944. The Morgan fingerprint density at radius 1 is 0.957 bits per heavy atom. The number of nitrogens with one attached hydrogen (secondary N) is 1. The van der Waals surface area contributed by atoms with Crippen LogP contribution >= 0.6 is 0 Å². The smallest absolute Gasteiger partial charge is 0.321 e. The first-order valence-electron chi connectivity index (χ1n) is 8.09. The van der Waals surface area contributed by atoms with Gasteiger partial charge in [-0.3, -0.25) is 4.90 Å². The third-order valence-electron chi connectivity index (χ3n) is 4.21. The molecule has 0 radical (unpaired) electrons. The summed E-state index contributed by atoms with van der Waals surface area (Å²) in [7, 11) is 0. The van der Waals surface area contributed by atoms with Gasteiger partial charge in [0, 0.05) is 38.4 Å². The number of carbonyl (C=O) groups is 1. The number of urea groups is 1. The number of amides is 2. The van der Waals surface area contributed by atoms with E-state index in [1.165, 1.54) is 11.1 Å². The van der Waals surface area contributed by atoms with E-state index in [0.29, 0.717) is 0 Å². The van der Waals surface area contributed by atoms with E-state index in [0.717, 1.165) is 38.4 Å².